The number of carbonyl (C=O) groups excluding carboxylic acids is 1. The first-order chi connectivity index (χ1) is 22.4. The van der Waals surface area contributed by atoms with Crippen LogP contribution in [0.25, 0.3) is 0 Å². The van der Waals surface area contributed by atoms with Crippen LogP contribution in [0.3, 0.4) is 0 Å². The Morgan fingerprint density at radius 3 is 2.35 bits per heavy atom. The number of hydrogen-bond acceptors (Lipinski definition) is 13. The third-order valence-electron chi connectivity index (χ3n) is 10.1. The molecule has 2 aromatic carbocycles. The molecule has 0 bridgehead atoms. The average Bonchev–Trinajstić information content (AvgIpc) is 3.70. The number of phenols is 1. The van der Waals surface area contributed by atoms with Crippen molar-refractivity contribution in [1.82, 2.24) is 4.90 Å². The first-order valence-electron chi connectivity index (χ1n) is 15.9. The molecule has 4 fully saturated rings. The van der Waals surface area contributed by atoms with E-state index in [0.717, 1.165) is 29.8 Å². The number of nitrogens with zero attached hydrogens (tertiary/aromatic N) is 1. The molecule has 0 saturated carbocycles. The number of aromatic hydroxyl groups is 1. The first kappa shape index (κ1) is 30.0. The van der Waals surface area contributed by atoms with E-state index >= 15 is 0 Å². The molecule has 2 aromatic rings. The maximum absolute atomic E-state index is 13.6. The Morgan fingerprint density at radius 1 is 0.913 bits per heavy atom. The van der Waals surface area contributed by atoms with Crippen LogP contribution in [0.1, 0.15) is 42.1 Å². The van der Waals surface area contributed by atoms with Crippen molar-refractivity contribution in [3.63, 3.8) is 0 Å². The molecule has 0 radical (unpaired) electrons. The van der Waals surface area contributed by atoms with Gasteiger partial charge >= 0.3 is 5.97 Å². The highest BCUT2D eigenvalue weighted by atomic mass is 16.7. The summed E-state index contributed by atoms with van der Waals surface area (Å²) < 4.78 is 59.6. The van der Waals surface area contributed by atoms with Crippen molar-refractivity contribution in [2.75, 3.05) is 60.5 Å². The number of cyclic esters (lactones) is 1. The zero-order valence-corrected chi connectivity index (χ0v) is 26.0. The standard InChI is InChI=1S/C33H39NO12/c1-16-40-14-26-32(44-16)21(34-4-6-39-7-5-34)12-27(45-26)46-31-19-11-23-22(42-15-43-23)10-18(19)28(29-20(31)13-41-33(29)36)17-8-24(37-2)30(35)25(9-17)38-3/h8-11,16,20-21,26-29,31-32,35H,4-7,12-15H2,1-3H3/t16-,20+,21+,26-,27+,28-,29+,31-,32+/m1/s1. The van der Waals surface area contributed by atoms with Gasteiger partial charge in [-0.1, -0.05) is 0 Å². The summed E-state index contributed by atoms with van der Waals surface area (Å²) in [6.45, 7) is 5.49. The number of hydrogen-bond donors (Lipinski definition) is 1. The second kappa shape index (κ2) is 12.0. The van der Waals surface area contributed by atoms with E-state index < -0.39 is 24.2 Å². The number of ether oxygens (including phenoxy) is 10. The Labute approximate surface area is 266 Å². The SMILES string of the molecule is COc1cc([C@@H]2c3cc4c(cc3[C@@H](O[C@H]3C[C@H](N5CCOCC5)[C@@H]5O[C@H](C)OC[C@H]5O3)[C@H]3COC(=O)[C@H]23)OCO4)cc(OC)c1O. The van der Waals surface area contributed by atoms with Crippen LogP contribution in [0.15, 0.2) is 24.3 Å². The van der Waals surface area contributed by atoms with Crippen LogP contribution in [0.2, 0.25) is 0 Å². The second-order valence-electron chi connectivity index (χ2n) is 12.5. The van der Waals surface area contributed by atoms with Crippen LogP contribution in [-0.4, -0.2) is 107 Å². The zero-order valence-electron chi connectivity index (χ0n) is 26.0. The molecule has 6 aliphatic rings. The van der Waals surface area contributed by atoms with Gasteiger partial charge in [-0.3, -0.25) is 9.69 Å². The predicted octanol–water partition coefficient (Wildman–Crippen LogP) is 2.71. The molecule has 13 nitrogen and oxygen atoms in total. The maximum Gasteiger partial charge on any atom is 0.310 e. The number of rotatable bonds is 6. The van der Waals surface area contributed by atoms with Crippen molar-refractivity contribution in [2.45, 2.75) is 56.2 Å². The topological polar surface area (TPSA) is 133 Å². The molecule has 1 aliphatic carbocycles. The first-order valence-corrected chi connectivity index (χ1v) is 15.9. The van der Waals surface area contributed by atoms with E-state index in [2.05, 4.69) is 4.90 Å². The molecule has 0 aromatic heterocycles. The van der Waals surface area contributed by atoms with E-state index in [1.54, 1.807) is 12.1 Å². The van der Waals surface area contributed by atoms with E-state index in [4.69, 9.17) is 47.4 Å². The minimum atomic E-state index is -0.597. The number of methoxy groups -OCH3 is 2. The summed E-state index contributed by atoms with van der Waals surface area (Å²) in [6, 6.07) is 7.39. The van der Waals surface area contributed by atoms with Gasteiger partial charge in [-0.15, -0.1) is 0 Å². The fourth-order valence-corrected chi connectivity index (χ4v) is 8.01. The molecule has 5 aliphatic heterocycles. The minimum absolute atomic E-state index is 0.0424. The summed E-state index contributed by atoms with van der Waals surface area (Å²) >= 11 is 0. The van der Waals surface area contributed by atoms with E-state index in [9.17, 15) is 9.90 Å². The van der Waals surface area contributed by atoms with Gasteiger partial charge in [-0.25, -0.2) is 0 Å². The van der Waals surface area contributed by atoms with Crippen molar-refractivity contribution in [3.8, 4) is 28.7 Å². The van der Waals surface area contributed by atoms with Crippen LogP contribution in [-0.2, 0) is 33.2 Å². The van der Waals surface area contributed by atoms with Crippen molar-refractivity contribution in [3.05, 3.63) is 41.0 Å². The monoisotopic (exact) mass is 641 g/mol. The predicted molar refractivity (Wildman–Crippen MR) is 157 cm³/mol. The van der Waals surface area contributed by atoms with Crippen LogP contribution >= 0.6 is 0 Å². The van der Waals surface area contributed by atoms with Gasteiger partial charge in [0, 0.05) is 37.4 Å². The molecular formula is C33H39NO12. The third-order valence-corrected chi connectivity index (χ3v) is 10.1. The van der Waals surface area contributed by atoms with Gasteiger partial charge in [0.15, 0.2) is 35.6 Å². The van der Waals surface area contributed by atoms with Crippen LogP contribution < -0.4 is 18.9 Å². The number of carbonyl (C=O) groups is 1. The summed E-state index contributed by atoms with van der Waals surface area (Å²) in [7, 11) is 2.95. The van der Waals surface area contributed by atoms with Crippen molar-refractivity contribution in [2.24, 2.45) is 11.8 Å². The van der Waals surface area contributed by atoms with Crippen molar-refractivity contribution >= 4 is 5.97 Å². The summed E-state index contributed by atoms with van der Waals surface area (Å²) in [5.74, 6) is -0.163. The Balaban J connectivity index is 1.19. The van der Waals surface area contributed by atoms with E-state index in [1.807, 2.05) is 19.1 Å². The molecule has 46 heavy (non-hydrogen) atoms. The number of morpholine rings is 1. The normalized spacial score (nSPS) is 35.1. The smallest absolute Gasteiger partial charge is 0.310 e. The van der Waals surface area contributed by atoms with Gasteiger partial charge in [-0.05, 0) is 47.9 Å². The molecule has 0 spiro atoms. The van der Waals surface area contributed by atoms with Crippen molar-refractivity contribution < 1.29 is 57.3 Å². The quantitative estimate of drug-likeness (QED) is 0.464. The molecule has 0 amide bonds. The molecule has 0 unspecified atom stereocenters. The Kier molecular flexibility index (Phi) is 7.86. The molecule has 1 N–H and O–H groups in total. The van der Waals surface area contributed by atoms with Gasteiger partial charge in [-0.2, -0.15) is 0 Å². The highest BCUT2D eigenvalue weighted by Gasteiger charge is 2.55. The summed E-state index contributed by atoms with van der Waals surface area (Å²) in [6.07, 6.45) is -1.37. The fourth-order valence-electron chi connectivity index (χ4n) is 8.01. The lowest BCUT2D eigenvalue weighted by Crippen LogP contribution is -2.63. The number of phenolic OH excluding ortho intramolecular Hbond substituents is 1. The molecule has 5 heterocycles. The van der Waals surface area contributed by atoms with Gasteiger partial charge in [0.25, 0.3) is 0 Å². The molecule has 13 heteroatoms. The minimum Gasteiger partial charge on any atom is -0.502 e. The highest BCUT2D eigenvalue weighted by Crippen LogP contribution is 2.57. The third kappa shape index (κ3) is 5.04. The lowest BCUT2D eigenvalue weighted by Gasteiger charge is -2.50. The van der Waals surface area contributed by atoms with Crippen molar-refractivity contribution in [1.29, 1.82) is 0 Å². The Morgan fingerprint density at radius 2 is 1.63 bits per heavy atom. The van der Waals surface area contributed by atoms with Crippen LogP contribution in [0, 0.1) is 11.8 Å². The lowest BCUT2D eigenvalue weighted by atomic mass is 9.66. The van der Waals surface area contributed by atoms with Gasteiger partial charge < -0.3 is 52.5 Å². The average molecular weight is 642 g/mol. The molecule has 8 rings (SSSR count). The van der Waals surface area contributed by atoms with Crippen LogP contribution in [0.4, 0.5) is 0 Å². The van der Waals surface area contributed by atoms with Gasteiger partial charge in [0.1, 0.15) is 12.2 Å². The summed E-state index contributed by atoms with van der Waals surface area (Å²) in [5, 5.41) is 10.7. The molecular weight excluding hydrogens is 602 g/mol. The van der Waals surface area contributed by atoms with E-state index in [-0.39, 0.29) is 67.1 Å². The van der Waals surface area contributed by atoms with Gasteiger partial charge in [0.2, 0.25) is 12.5 Å². The number of fused-ring (bicyclic) bond motifs is 4. The van der Waals surface area contributed by atoms with Gasteiger partial charge in [0.05, 0.1) is 52.7 Å². The van der Waals surface area contributed by atoms with E-state index in [0.29, 0.717) is 37.7 Å². The molecule has 9 atom stereocenters. The second-order valence-corrected chi connectivity index (χ2v) is 12.5. The summed E-state index contributed by atoms with van der Waals surface area (Å²) in [4.78, 5) is 16.0. The highest BCUT2D eigenvalue weighted by molar-refractivity contribution is 5.79. The zero-order chi connectivity index (χ0) is 31.5. The summed E-state index contributed by atoms with van der Waals surface area (Å²) in [5.41, 5.74) is 2.42. The molecule has 248 valence electrons. The largest absolute Gasteiger partial charge is 0.502 e. The van der Waals surface area contributed by atoms with Crippen LogP contribution in [0.5, 0.6) is 28.7 Å². The number of esters is 1. The maximum atomic E-state index is 13.6. The lowest BCUT2D eigenvalue weighted by molar-refractivity contribution is -0.333. The fraction of sp³-hybridized carbons (Fsp3) is 0.606. The number of benzene rings is 2. The van der Waals surface area contributed by atoms with E-state index in [1.165, 1.54) is 14.2 Å². The Hall–Kier alpha value is -3.33. The Bertz CT molecular complexity index is 1450. The molecule has 4 saturated heterocycles.